The first kappa shape index (κ1) is 18.8. The molecule has 1 amide bonds. The number of para-hydroxylation sites is 1. The summed E-state index contributed by atoms with van der Waals surface area (Å²) >= 11 is 0. The van der Waals surface area contributed by atoms with Crippen LogP contribution in [0.3, 0.4) is 0 Å². The fraction of sp³-hybridized carbons (Fsp3) is 0. The van der Waals surface area contributed by atoms with Crippen LogP contribution in [0.5, 0.6) is 0 Å². The van der Waals surface area contributed by atoms with Gasteiger partial charge in [0, 0.05) is 5.56 Å². The van der Waals surface area contributed by atoms with Gasteiger partial charge in [-0.2, -0.15) is 0 Å². The SMILES string of the molecule is O=C(Nc1nc2c(C(=O)O)cccc2[nH]1)c1cccc(C#Cc2cccc(F)c2)n1. The molecular formula is C22H13FN4O3. The van der Waals surface area contributed by atoms with E-state index in [4.69, 9.17) is 0 Å². The number of H-pyrrole nitrogens is 1. The number of nitrogens with one attached hydrogen (secondary N) is 2. The summed E-state index contributed by atoms with van der Waals surface area (Å²) in [6, 6.07) is 15.3. The number of aromatic amines is 1. The molecule has 0 atom stereocenters. The molecule has 0 aliphatic carbocycles. The molecule has 0 spiro atoms. The van der Waals surface area contributed by atoms with Crippen LogP contribution >= 0.6 is 0 Å². The Morgan fingerprint density at radius 1 is 1.00 bits per heavy atom. The summed E-state index contributed by atoms with van der Waals surface area (Å²) in [5.41, 5.74) is 1.67. The maximum atomic E-state index is 13.2. The highest BCUT2D eigenvalue weighted by atomic mass is 19.1. The van der Waals surface area contributed by atoms with Gasteiger partial charge in [0.25, 0.3) is 5.91 Å². The van der Waals surface area contributed by atoms with Gasteiger partial charge in [0.1, 0.15) is 22.7 Å². The molecule has 0 fully saturated rings. The molecule has 0 saturated heterocycles. The fourth-order valence-electron chi connectivity index (χ4n) is 2.77. The van der Waals surface area contributed by atoms with Crippen LogP contribution in [0.4, 0.5) is 10.3 Å². The molecule has 0 aliphatic rings. The second kappa shape index (κ2) is 7.85. The topological polar surface area (TPSA) is 108 Å². The summed E-state index contributed by atoms with van der Waals surface area (Å²) < 4.78 is 13.2. The van der Waals surface area contributed by atoms with Crippen molar-refractivity contribution in [3.63, 3.8) is 0 Å². The highest BCUT2D eigenvalue weighted by Gasteiger charge is 2.15. The molecule has 0 bridgehead atoms. The van der Waals surface area contributed by atoms with Crippen molar-refractivity contribution >= 4 is 28.9 Å². The molecule has 0 unspecified atom stereocenters. The van der Waals surface area contributed by atoms with Crippen LogP contribution in [0.2, 0.25) is 0 Å². The van der Waals surface area contributed by atoms with Crippen molar-refractivity contribution in [1.82, 2.24) is 15.0 Å². The maximum Gasteiger partial charge on any atom is 0.337 e. The minimum absolute atomic E-state index is 0.0250. The molecule has 3 N–H and O–H groups in total. The van der Waals surface area contributed by atoms with Gasteiger partial charge in [0.15, 0.2) is 0 Å². The molecule has 4 aromatic rings. The normalized spacial score (nSPS) is 10.3. The van der Waals surface area contributed by atoms with E-state index in [1.807, 2.05) is 0 Å². The Morgan fingerprint density at radius 2 is 1.80 bits per heavy atom. The third-order valence-corrected chi connectivity index (χ3v) is 4.12. The van der Waals surface area contributed by atoms with Crippen LogP contribution in [0.1, 0.15) is 32.1 Å². The maximum absolute atomic E-state index is 13.2. The molecule has 2 heterocycles. The number of carboxylic acids is 1. The van der Waals surface area contributed by atoms with E-state index in [2.05, 4.69) is 32.1 Å². The Morgan fingerprint density at radius 3 is 2.60 bits per heavy atom. The van der Waals surface area contributed by atoms with Crippen molar-refractivity contribution in [2.75, 3.05) is 5.32 Å². The number of rotatable bonds is 3. The zero-order valence-corrected chi connectivity index (χ0v) is 15.3. The van der Waals surface area contributed by atoms with E-state index in [0.717, 1.165) is 0 Å². The van der Waals surface area contributed by atoms with Gasteiger partial charge in [-0.25, -0.2) is 19.2 Å². The standard InChI is InChI=1S/C22H13FN4O3/c23-14-5-1-4-13(12-14)10-11-15-6-2-9-18(24-15)20(28)27-22-25-17-8-3-7-16(21(29)30)19(17)26-22/h1-9,12H,(H,29,30)(H2,25,26,27,28). The van der Waals surface area contributed by atoms with Gasteiger partial charge >= 0.3 is 5.97 Å². The van der Waals surface area contributed by atoms with Gasteiger partial charge in [-0.3, -0.25) is 10.1 Å². The van der Waals surface area contributed by atoms with E-state index in [-0.39, 0.29) is 28.5 Å². The Labute approximate surface area is 169 Å². The second-order valence-electron chi connectivity index (χ2n) is 6.21. The number of hydrogen-bond acceptors (Lipinski definition) is 4. The average molecular weight is 400 g/mol. The van der Waals surface area contributed by atoms with Crippen LogP contribution in [-0.4, -0.2) is 31.9 Å². The summed E-state index contributed by atoms with van der Waals surface area (Å²) in [6.07, 6.45) is 0. The first-order valence-electron chi connectivity index (χ1n) is 8.77. The molecule has 8 heteroatoms. The molecular weight excluding hydrogens is 387 g/mol. The van der Waals surface area contributed by atoms with Crippen molar-refractivity contribution in [3.05, 3.63) is 89.0 Å². The first-order chi connectivity index (χ1) is 14.5. The number of aromatic carboxylic acids is 1. The van der Waals surface area contributed by atoms with Crippen LogP contribution in [0, 0.1) is 17.7 Å². The summed E-state index contributed by atoms with van der Waals surface area (Å²) in [5, 5.41) is 11.8. The van der Waals surface area contributed by atoms with E-state index < -0.39 is 11.9 Å². The number of benzene rings is 2. The predicted molar refractivity (Wildman–Crippen MR) is 108 cm³/mol. The fourth-order valence-corrected chi connectivity index (χ4v) is 2.77. The number of carbonyl (C=O) groups is 2. The first-order valence-corrected chi connectivity index (χ1v) is 8.77. The van der Waals surface area contributed by atoms with Crippen molar-refractivity contribution in [2.24, 2.45) is 0 Å². The number of halogens is 1. The minimum atomic E-state index is -1.11. The Hall–Kier alpha value is -4.51. The number of imidazole rings is 1. The number of carboxylic acid groups (broad SMARTS) is 1. The summed E-state index contributed by atoms with van der Waals surface area (Å²) in [6.45, 7) is 0. The number of aromatic nitrogens is 3. The highest BCUT2D eigenvalue weighted by molar-refractivity contribution is 6.04. The van der Waals surface area contributed by atoms with Crippen molar-refractivity contribution in [1.29, 1.82) is 0 Å². The highest BCUT2D eigenvalue weighted by Crippen LogP contribution is 2.19. The van der Waals surface area contributed by atoms with Gasteiger partial charge in [-0.05, 0) is 48.4 Å². The number of fused-ring (bicyclic) bond motifs is 1. The van der Waals surface area contributed by atoms with Crippen LogP contribution in [0.15, 0.2) is 60.7 Å². The lowest BCUT2D eigenvalue weighted by atomic mass is 10.2. The largest absolute Gasteiger partial charge is 0.478 e. The number of nitrogens with zero attached hydrogens (tertiary/aromatic N) is 2. The molecule has 7 nitrogen and oxygen atoms in total. The van der Waals surface area contributed by atoms with E-state index >= 15 is 0 Å². The Kier molecular flexibility index (Phi) is 4.93. The lowest BCUT2D eigenvalue weighted by Crippen LogP contribution is -2.15. The molecule has 0 radical (unpaired) electrons. The van der Waals surface area contributed by atoms with Gasteiger partial charge in [-0.1, -0.05) is 24.1 Å². The van der Waals surface area contributed by atoms with Gasteiger partial charge in [0.2, 0.25) is 5.95 Å². The Balaban J connectivity index is 1.56. The zero-order valence-electron chi connectivity index (χ0n) is 15.3. The number of hydrogen-bond donors (Lipinski definition) is 3. The van der Waals surface area contributed by atoms with Crippen molar-refractivity contribution in [3.8, 4) is 11.8 Å². The van der Waals surface area contributed by atoms with Gasteiger partial charge in [0.05, 0.1) is 11.1 Å². The van der Waals surface area contributed by atoms with E-state index in [0.29, 0.717) is 16.8 Å². The molecule has 146 valence electrons. The quantitative estimate of drug-likeness (QED) is 0.457. The van der Waals surface area contributed by atoms with E-state index in [9.17, 15) is 19.1 Å². The Bertz CT molecular complexity index is 1350. The molecule has 2 aromatic heterocycles. The molecule has 4 rings (SSSR count). The molecule has 0 saturated carbocycles. The van der Waals surface area contributed by atoms with Gasteiger partial charge in [-0.15, -0.1) is 0 Å². The molecule has 0 aliphatic heterocycles. The third kappa shape index (κ3) is 4.00. The number of pyridine rings is 1. The molecule has 2 aromatic carbocycles. The second-order valence-corrected chi connectivity index (χ2v) is 6.21. The lowest BCUT2D eigenvalue weighted by molar-refractivity contribution is 0.0698. The van der Waals surface area contributed by atoms with Crippen LogP contribution in [-0.2, 0) is 0 Å². The van der Waals surface area contributed by atoms with Crippen molar-refractivity contribution in [2.45, 2.75) is 0 Å². The third-order valence-electron chi connectivity index (χ3n) is 4.12. The van der Waals surface area contributed by atoms with Crippen LogP contribution < -0.4 is 5.32 Å². The predicted octanol–water partition coefficient (Wildman–Crippen LogP) is 3.45. The minimum Gasteiger partial charge on any atom is -0.478 e. The van der Waals surface area contributed by atoms with Crippen LogP contribution in [0.25, 0.3) is 11.0 Å². The van der Waals surface area contributed by atoms with Crippen molar-refractivity contribution < 1.29 is 19.1 Å². The summed E-state index contributed by atoms with van der Waals surface area (Å²) in [4.78, 5) is 35.0. The zero-order chi connectivity index (χ0) is 21.1. The smallest absolute Gasteiger partial charge is 0.337 e. The van der Waals surface area contributed by atoms with Gasteiger partial charge < -0.3 is 10.1 Å². The van der Waals surface area contributed by atoms with E-state index in [1.165, 1.54) is 24.3 Å². The molecule has 30 heavy (non-hydrogen) atoms. The number of carbonyl (C=O) groups excluding carboxylic acids is 1. The summed E-state index contributed by atoms with van der Waals surface area (Å²) in [5.74, 6) is 3.64. The van der Waals surface area contributed by atoms with E-state index in [1.54, 1.807) is 36.4 Å². The average Bonchev–Trinajstić information content (AvgIpc) is 3.14. The summed E-state index contributed by atoms with van der Waals surface area (Å²) in [7, 11) is 0. The number of anilines is 1. The number of amides is 1. The monoisotopic (exact) mass is 400 g/mol. The lowest BCUT2D eigenvalue weighted by Gasteiger charge is -2.01.